The second-order valence-electron chi connectivity index (χ2n) is 33.8. The zero-order valence-corrected chi connectivity index (χ0v) is 78.6. The van der Waals surface area contributed by atoms with E-state index in [2.05, 4.69) is 47.9 Å². The molecular weight excluding hydrogens is 1820 g/mol. The van der Waals surface area contributed by atoms with Crippen molar-refractivity contribution < 1.29 is 157 Å². The van der Waals surface area contributed by atoms with E-state index < -0.39 is 273 Å². The van der Waals surface area contributed by atoms with Gasteiger partial charge in [-0.1, -0.05) is 6.92 Å². The molecule has 0 bridgehead atoms. The summed E-state index contributed by atoms with van der Waals surface area (Å²) in [4.78, 5) is 282. The number of carboxylic acids is 12. The molecule has 56 nitrogen and oxygen atoms in total. The Kier molecular flexibility index (Phi) is 56.7. The molecule has 4 unspecified atom stereocenters. The van der Waals surface area contributed by atoms with Crippen LogP contribution < -0.4 is 47.9 Å². The van der Waals surface area contributed by atoms with Crippen LogP contribution >= 0.6 is 0 Å². The zero-order chi connectivity index (χ0) is 102. The molecular formula is C81H142N24O32. The number of amides is 8. The molecule has 4 atom stereocenters. The summed E-state index contributed by atoms with van der Waals surface area (Å²) in [5.74, 6) is -21.8. The molecule has 0 spiro atoms. The van der Waals surface area contributed by atoms with Crippen LogP contribution in [0.3, 0.4) is 0 Å². The fraction of sp³-hybridized carbons (Fsp3) is 0.753. The van der Waals surface area contributed by atoms with E-state index in [1.807, 2.05) is 0 Å². The van der Waals surface area contributed by atoms with Gasteiger partial charge in [-0.3, -0.25) is 169 Å². The van der Waals surface area contributed by atoms with E-state index in [1.54, 1.807) is 26.5 Å². The summed E-state index contributed by atoms with van der Waals surface area (Å²) >= 11 is 0. The Bertz CT molecular complexity index is 3740. The van der Waals surface area contributed by atoms with Gasteiger partial charge < -0.3 is 109 Å². The monoisotopic (exact) mass is 1960 g/mol. The molecule has 8 amide bonds. The highest BCUT2D eigenvalue weighted by atomic mass is 16.4. The lowest BCUT2D eigenvalue weighted by Gasteiger charge is -2.36. The lowest BCUT2D eigenvalue weighted by Crippen LogP contribution is -2.68. The average Bonchev–Trinajstić information content (AvgIpc) is 0.836. The summed E-state index contributed by atoms with van der Waals surface area (Å²) in [5, 5.41) is 140. The second kappa shape index (κ2) is 64.8. The first-order chi connectivity index (χ1) is 64.6. The maximum absolute atomic E-state index is 14.9. The van der Waals surface area contributed by atoms with Crippen LogP contribution in [-0.2, 0) is 95.9 Å². The molecule has 3 aliphatic rings. The lowest BCUT2D eigenvalue weighted by molar-refractivity contribution is -0.141. The van der Waals surface area contributed by atoms with Gasteiger partial charge in [-0.05, 0) is 40.7 Å². The van der Waals surface area contributed by atoms with E-state index in [0.717, 1.165) is 0 Å². The van der Waals surface area contributed by atoms with Crippen LogP contribution in [0.4, 0.5) is 0 Å². The van der Waals surface area contributed by atoms with E-state index in [1.165, 1.54) is 81.6 Å². The minimum absolute atomic E-state index is 0.00553. The van der Waals surface area contributed by atoms with Crippen LogP contribution in [0, 0.1) is 0 Å². The van der Waals surface area contributed by atoms with Crippen molar-refractivity contribution in [3.63, 3.8) is 0 Å². The van der Waals surface area contributed by atoms with Gasteiger partial charge in [-0.2, -0.15) is 0 Å². The molecule has 21 N–H and O–H groups in total. The van der Waals surface area contributed by atoms with E-state index in [4.69, 9.17) is 5.11 Å². The van der Waals surface area contributed by atoms with Crippen LogP contribution in [0.15, 0.2) is 0 Å². The van der Waals surface area contributed by atoms with Crippen LogP contribution in [-0.4, -0.2) is 611 Å². The van der Waals surface area contributed by atoms with E-state index >= 15 is 0 Å². The Labute approximate surface area is 792 Å². The van der Waals surface area contributed by atoms with E-state index in [-0.39, 0.29) is 203 Å². The van der Waals surface area contributed by atoms with Crippen molar-refractivity contribution in [3.8, 4) is 0 Å². The smallest absolute Gasteiger partial charge is 0.317 e. The number of aliphatic carboxylic acids is 12. The highest BCUT2D eigenvalue weighted by Crippen LogP contribution is 2.13. The predicted octanol–water partition coefficient (Wildman–Crippen LogP) is -13.2. The summed E-state index contributed by atoms with van der Waals surface area (Å²) < 4.78 is 0. The highest BCUT2D eigenvalue weighted by Gasteiger charge is 2.38. The van der Waals surface area contributed by atoms with Gasteiger partial charge in [0.1, 0.15) is 0 Å². The molecule has 3 fully saturated rings. The van der Waals surface area contributed by atoms with E-state index in [9.17, 15) is 152 Å². The molecule has 3 saturated heterocycles. The summed E-state index contributed by atoms with van der Waals surface area (Å²) in [5.41, 5.74) is -2.21. The van der Waals surface area contributed by atoms with Gasteiger partial charge in [0.15, 0.2) is 0 Å². The van der Waals surface area contributed by atoms with Crippen LogP contribution in [0.5, 0.6) is 0 Å². The molecule has 137 heavy (non-hydrogen) atoms. The van der Waals surface area contributed by atoms with Crippen LogP contribution in [0.1, 0.15) is 41.0 Å². The highest BCUT2D eigenvalue weighted by molar-refractivity contribution is 5.91. The lowest BCUT2D eigenvalue weighted by atomic mass is 9.98. The summed E-state index contributed by atoms with van der Waals surface area (Å²) in [6.07, 6.45) is 0.451. The number of carbonyl (C=O) groups is 20. The third kappa shape index (κ3) is 53.3. The Morgan fingerprint density at radius 3 is 0.723 bits per heavy atom. The molecule has 0 saturated carbocycles. The molecule has 0 radical (unpaired) electrons. The maximum atomic E-state index is 14.9. The minimum Gasteiger partial charge on any atom is -0.480 e. The number of rotatable bonds is 58. The quantitative estimate of drug-likeness (QED) is 0.0251. The molecule has 0 aliphatic carbocycles. The number of hydrogen-bond acceptors (Lipinski definition) is 36. The Morgan fingerprint density at radius 2 is 0.489 bits per heavy atom. The van der Waals surface area contributed by atoms with Crippen LogP contribution in [0.25, 0.3) is 0 Å². The molecule has 0 aromatic heterocycles. The fourth-order valence-electron chi connectivity index (χ4n) is 15.2. The summed E-state index contributed by atoms with van der Waals surface area (Å²) in [7, 11) is 0. The molecule has 0 aromatic carbocycles. The van der Waals surface area contributed by atoms with Crippen molar-refractivity contribution in [2.45, 2.75) is 70.7 Å². The fourth-order valence-corrected chi connectivity index (χ4v) is 15.2. The Balaban J connectivity index is 2.21. The Morgan fingerprint density at radius 1 is 0.263 bits per heavy atom. The van der Waals surface area contributed by atoms with Crippen molar-refractivity contribution in [3.05, 3.63) is 0 Å². The summed E-state index contributed by atoms with van der Waals surface area (Å²) in [6.45, 7) is -3.20. The van der Waals surface area contributed by atoms with Gasteiger partial charge in [-0.25, -0.2) is 0 Å². The van der Waals surface area contributed by atoms with Crippen molar-refractivity contribution in [1.29, 1.82) is 0 Å². The van der Waals surface area contributed by atoms with Gasteiger partial charge in [-0.15, -0.1) is 0 Å². The maximum Gasteiger partial charge on any atom is 0.317 e. The van der Waals surface area contributed by atoms with Crippen molar-refractivity contribution in [1.82, 2.24) is 121 Å². The molecule has 3 rings (SSSR count). The first-order valence-electron chi connectivity index (χ1n) is 45.1. The third-order valence-electron chi connectivity index (χ3n) is 23.1. The number of nitrogens with zero attached hydrogens (tertiary/aromatic N) is 15. The SMILES string of the molecule is CCCN(CCN(CCN(CCNCC(=O)O)CC(=O)O)CC(=O)O)C(C)C(=O)NCC(=O)NCC(CNC(=O)CNC(=O)C(C)N1CCN(CC(=O)O)CCN(CC(=O)O)CCN(CC(=O)O)CC1)(CNC(=O)CNC(=O)C(C)N1CCN(CC(=O)O)CCN(CC(=O)O)CCN(CC(=O)O)CC1)NC(=O)CNC(=O)C(C)N1CCN(CC(=O)O)CCN(CC(=O)O)CCN(CC(=O)O)CC1. The predicted molar refractivity (Wildman–Crippen MR) is 482 cm³/mol. The van der Waals surface area contributed by atoms with Crippen LogP contribution in [0.2, 0.25) is 0 Å². The van der Waals surface area contributed by atoms with Crippen molar-refractivity contribution >= 4 is 119 Å². The Hall–Kier alpha value is -11.2. The first kappa shape index (κ1) is 120. The average molecular weight is 1960 g/mol. The zero-order valence-electron chi connectivity index (χ0n) is 78.6. The molecule has 56 heteroatoms. The van der Waals surface area contributed by atoms with Gasteiger partial charge in [0.25, 0.3) is 0 Å². The van der Waals surface area contributed by atoms with Crippen molar-refractivity contribution in [2.75, 3.05) is 327 Å². The van der Waals surface area contributed by atoms with Gasteiger partial charge in [0.05, 0.1) is 134 Å². The van der Waals surface area contributed by atoms with Gasteiger partial charge in [0.2, 0.25) is 47.3 Å². The molecule has 778 valence electrons. The third-order valence-corrected chi connectivity index (χ3v) is 23.1. The first-order valence-corrected chi connectivity index (χ1v) is 45.1. The molecule has 3 heterocycles. The number of nitrogens with one attached hydrogen (secondary N) is 9. The normalized spacial score (nSPS) is 17.9. The largest absolute Gasteiger partial charge is 0.480 e. The minimum atomic E-state index is -2.21. The molecule has 3 aliphatic heterocycles. The standard InChI is InChI=1S/C81H142N24O32/c1-6-8-102(31-24-95(47-70(120)121)11-10-91(43-66(112)113)9-7-82-42-65(110)111)57(2)77(134)83-38-61(106)87-54-81(90-64(109)41-86-80(137)60(5)105-36-29-100(52-75(130)131)22-16-94(46-69(118)119)17-23-101(30-37-105)53-76(132)133,55-88-62(107)39-84-78(135)58(3)103-32-25-96(48-71(122)123)18-12-92(44-67(114)115)13-19-97(26-33-103)49-72(124)125)56-89-63(108)40-85-79(136)59(4)104-34-27-98(50-73(126)127)20-14-93(45-68(116)117)15-21-99(28-35-104)51-74(128)129/h57-60,82H,6-56H2,1-5H3,(H,83,134)(H,84,135)(H,85,136)(H,86,137)(H,87,106)(H,88,107)(H,89,108)(H,90,109)(H,110,111)(H,112,113)(H,114,115)(H,116,117)(H,118,119)(H,120,121)(H,122,123)(H,124,125)(H,126,127)(H,128,129)(H,130,131)(H,132,133). The van der Waals surface area contributed by atoms with Gasteiger partial charge >= 0.3 is 71.6 Å². The van der Waals surface area contributed by atoms with Gasteiger partial charge in [0, 0.05) is 216 Å². The molecule has 0 aromatic rings. The number of carbonyl (C=O) groups excluding carboxylic acids is 8. The number of hydrogen-bond donors (Lipinski definition) is 21. The summed E-state index contributed by atoms with van der Waals surface area (Å²) in [6, 6.07) is -4.54. The van der Waals surface area contributed by atoms with E-state index in [0.29, 0.717) is 6.42 Å². The van der Waals surface area contributed by atoms with Crippen molar-refractivity contribution in [2.24, 2.45) is 0 Å². The number of carboxylic acid groups (broad SMARTS) is 12. The second-order valence-corrected chi connectivity index (χ2v) is 33.8. The topological polar surface area (TPSA) is 741 Å².